The first-order chi connectivity index (χ1) is 10.5. The molecule has 2 aliphatic rings. The summed E-state index contributed by atoms with van der Waals surface area (Å²) in [5.41, 5.74) is 0. The van der Waals surface area contributed by atoms with Crippen LogP contribution in [0.2, 0.25) is 0 Å². The van der Waals surface area contributed by atoms with Crippen LogP contribution in [0.4, 0.5) is 0 Å². The van der Waals surface area contributed by atoms with Crippen LogP contribution in [-0.4, -0.2) is 60.5 Å². The second kappa shape index (κ2) is 7.95. The van der Waals surface area contributed by atoms with E-state index >= 15 is 0 Å². The number of nitrogens with zero attached hydrogens (tertiary/aromatic N) is 2. The van der Waals surface area contributed by atoms with Gasteiger partial charge in [0.2, 0.25) is 11.8 Å². The van der Waals surface area contributed by atoms with E-state index in [-0.39, 0.29) is 24.0 Å². The van der Waals surface area contributed by atoms with Crippen LogP contribution in [0.5, 0.6) is 0 Å². The van der Waals surface area contributed by atoms with E-state index in [1.165, 1.54) is 0 Å². The summed E-state index contributed by atoms with van der Waals surface area (Å²) in [4.78, 5) is 29.0. The molecule has 0 bridgehead atoms. The van der Waals surface area contributed by atoms with Crippen molar-refractivity contribution >= 4 is 11.8 Å². The summed E-state index contributed by atoms with van der Waals surface area (Å²) in [5.74, 6) is 0.656. The molecular formula is C17H30N2O3. The summed E-state index contributed by atoms with van der Waals surface area (Å²) >= 11 is 0. The first kappa shape index (κ1) is 17.3. The van der Waals surface area contributed by atoms with Crippen LogP contribution in [0.25, 0.3) is 0 Å². The van der Waals surface area contributed by atoms with E-state index in [1.807, 2.05) is 9.80 Å². The SMILES string of the molecule is CO[C@@H]1CCCN(C(=O)[C@H](CC(C)C)N2CCCCC2=O)C1. The molecule has 126 valence electrons. The van der Waals surface area contributed by atoms with Gasteiger partial charge in [0, 0.05) is 33.2 Å². The van der Waals surface area contributed by atoms with Crippen LogP contribution < -0.4 is 0 Å². The summed E-state index contributed by atoms with van der Waals surface area (Å²) in [6.07, 6.45) is 5.42. The van der Waals surface area contributed by atoms with Crippen molar-refractivity contribution in [3.8, 4) is 0 Å². The third kappa shape index (κ3) is 4.22. The molecule has 2 heterocycles. The van der Waals surface area contributed by atoms with Crippen LogP contribution in [0.1, 0.15) is 52.4 Å². The molecule has 0 aromatic rings. The van der Waals surface area contributed by atoms with Crippen molar-refractivity contribution in [3.63, 3.8) is 0 Å². The minimum absolute atomic E-state index is 0.116. The average molecular weight is 310 g/mol. The number of likely N-dealkylation sites (tertiary alicyclic amines) is 2. The highest BCUT2D eigenvalue weighted by molar-refractivity contribution is 5.88. The Hall–Kier alpha value is -1.10. The molecule has 0 unspecified atom stereocenters. The number of methoxy groups -OCH3 is 1. The maximum Gasteiger partial charge on any atom is 0.245 e. The molecule has 5 heteroatoms. The van der Waals surface area contributed by atoms with E-state index < -0.39 is 0 Å². The lowest BCUT2D eigenvalue weighted by Crippen LogP contribution is -2.55. The van der Waals surface area contributed by atoms with Crippen molar-refractivity contribution < 1.29 is 14.3 Å². The molecular weight excluding hydrogens is 280 g/mol. The van der Waals surface area contributed by atoms with Gasteiger partial charge in [0.1, 0.15) is 6.04 Å². The lowest BCUT2D eigenvalue weighted by Gasteiger charge is -2.40. The van der Waals surface area contributed by atoms with Crippen LogP contribution in [0.15, 0.2) is 0 Å². The van der Waals surface area contributed by atoms with Crippen LogP contribution in [-0.2, 0) is 14.3 Å². The first-order valence-electron chi connectivity index (χ1n) is 8.64. The molecule has 2 saturated heterocycles. The highest BCUT2D eigenvalue weighted by Crippen LogP contribution is 2.22. The lowest BCUT2D eigenvalue weighted by atomic mass is 9.97. The van der Waals surface area contributed by atoms with E-state index in [0.29, 0.717) is 18.9 Å². The predicted octanol–water partition coefficient (Wildman–Crippen LogP) is 2.05. The number of amides is 2. The van der Waals surface area contributed by atoms with Gasteiger partial charge in [-0.1, -0.05) is 13.8 Å². The monoisotopic (exact) mass is 310 g/mol. The molecule has 2 atom stereocenters. The van der Waals surface area contributed by atoms with Gasteiger partial charge in [-0.2, -0.15) is 0 Å². The molecule has 2 aliphatic heterocycles. The number of rotatable bonds is 5. The minimum Gasteiger partial charge on any atom is -0.380 e. The van der Waals surface area contributed by atoms with Crippen molar-refractivity contribution in [3.05, 3.63) is 0 Å². The third-order valence-electron chi connectivity index (χ3n) is 4.74. The Kier molecular flexibility index (Phi) is 6.24. The van der Waals surface area contributed by atoms with Gasteiger partial charge in [0.25, 0.3) is 0 Å². The van der Waals surface area contributed by atoms with Gasteiger partial charge in [0.15, 0.2) is 0 Å². The van der Waals surface area contributed by atoms with E-state index in [9.17, 15) is 9.59 Å². The van der Waals surface area contributed by atoms with Crippen molar-refractivity contribution in [1.29, 1.82) is 0 Å². The first-order valence-corrected chi connectivity index (χ1v) is 8.64. The maximum absolute atomic E-state index is 13.0. The molecule has 0 saturated carbocycles. The molecule has 0 aromatic carbocycles. The van der Waals surface area contributed by atoms with Gasteiger partial charge >= 0.3 is 0 Å². The molecule has 2 rings (SSSR count). The van der Waals surface area contributed by atoms with Crippen LogP contribution >= 0.6 is 0 Å². The van der Waals surface area contributed by atoms with E-state index in [0.717, 1.165) is 45.2 Å². The predicted molar refractivity (Wildman–Crippen MR) is 85.4 cm³/mol. The highest BCUT2D eigenvalue weighted by atomic mass is 16.5. The van der Waals surface area contributed by atoms with Gasteiger partial charge in [0.05, 0.1) is 6.10 Å². The van der Waals surface area contributed by atoms with Gasteiger partial charge in [-0.25, -0.2) is 0 Å². The number of carbonyl (C=O) groups excluding carboxylic acids is 2. The molecule has 0 spiro atoms. The summed E-state index contributed by atoms with van der Waals surface area (Å²) < 4.78 is 5.42. The second-order valence-corrected chi connectivity index (χ2v) is 6.97. The molecule has 22 heavy (non-hydrogen) atoms. The molecule has 0 radical (unpaired) electrons. The molecule has 0 aromatic heterocycles. The van der Waals surface area contributed by atoms with Gasteiger partial charge in [-0.3, -0.25) is 9.59 Å². The molecule has 5 nitrogen and oxygen atoms in total. The minimum atomic E-state index is -0.289. The number of hydrogen-bond donors (Lipinski definition) is 0. The fourth-order valence-corrected chi connectivity index (χ4v) is 3.51. The molecule has 2 fully saturated rings. The molecule has 2 amide bonds. The second-order valence-electron chi connectivity index (χ2n) is 6.97. The Labute approximate surface area is 134 Å². The zero-order chi connectivity index (χ0) is 16.1. The van der Waals surface area contributed by atoms with Crippen molar-refractivity contribution in [1.82, 2.24) is 9.80 Å². The Morgan fingerprint density at radius 1 is 1.27 bits per heavy atom. The topological polar surface area (TPSA) is 49.9 Å². The third-order valence-corrected chi connectivity index (χ3v) is 4.74. The normalized spacial score (nSPS) is 24.7. The van der Waals surface area contributed by atoms with Gasteiger partial charge < -0.3 is 14.5 Å². The Bertz CT molecular complexity index is 397. The summed E-state index contributed by atoms with van der Waals surface area (Å²) in [6.45, 7) is 6.40. The van der Waals surface area contributed by atoms with Gasteiger partial charge in [-0.05, 0) is 38.0 Å². The van der Waals surface area contributed by atoms with Crippen LogP contribution in [0, 0.1) is 5.92 Å². The fraction of sp³-hybridized carbons (Fsp3) is 0.882. The largest absolute Gasteiger partial charge is 0.380 e. The summed E-state index contributed by atoms with van der Waals surface area (Å²) in [6, 6.07) is -0.289. The van der Waals surface area contributed by atoms with Crippen LogP contribution in [0.3, 0.4) is 0 Å². The Morgan fingerprint density at radius 3 is 2.68 bits per heavy atom. The lowest BCUT2D eigenvalue weighted by molar-refractivity contribution is -0.150. The van der Waals surface area contributed by atoms with Crippen molar-refractivity contribution in [2.24, 2.45) is 5.92 Å². The summed E-state index contributed by atoms with van der Waals surface area (Å²) in [5, 5.41) is 0. The standard InChI is InChI=1S/C17H30N2O3/c1-13(2)11-15(19-10-5-4-8-16(19)20)17(21)18-9-6-7-14(12-18)22-3/h13-15H,4-12H2,1-3H3/t14-,15+/m1/s1. The number of ether oxygens (including phenoxy) is 1. The maximum atomic E-state index is 13.0. The smallest absolute Gasteiger partial charge is 0.245 e. The molecule has 0 aliphatic carbocycles. The highest BCUT2D eigenvalue weighted by Gasteiger charge is 2.35. The van der Waals surface area contributed by atoms with Crippen molar-refractivity contribution in [2.45, 2.75) is 64.5 Å². The average Bonchev–Trinajstić information content (AvgIpc) is 2.52. The van der Waals surface area contributed by atoms with E-state index in [2.05, 4.69) is 13.8 Å². The molecule has 0 N–H and O–H groups in total. The zero-order valence-corrected chi connectivity index (χ0v) is 14.2. The Morgan fingerprint density at radius 2 is 2.05 bits per heavy atom. The summed E-state index contributed by atoms with van der Waals surface area (Å²) in [7, 11) is 1.71. The number of piperidine rings is 2. The fourth-order valence-electron chi connectivity index (χ4n) is 3.51. The quantitative estimate of drug-likeness (QED) is 0.781. The van der Waals surface area contributed by atoms with Crippen molar-refractivity contribution in [2.75, 3.05) is 26.7 Å². The number of hydrogen-bond acceptors (Lipinski definition) is 3. The Balaban J connectivity index is 2.09. The number of carbonyl (C=O) groups is 2. The van der Waals surface area contributed by atoms with E-state index in [4.69, 9.17) is 4.74 Å². The van der Waals surface area contributed by atoms with E-state index in [1.54, 1.807) is 7.11 Å². The zero-order valence-electron chi connectivity index (χ0n) is 14.2. The van der Waals surface area contributed by atoms with Gasteiger partial charge in [-0.15, -0.1) is 0 Å².